The largest absolute Gasteiger partial charge is 0.506 e. The van der Waals surface area contributed by atoms with E-state index in [9.17, 15) is 27.9 Å². The van der Waals surface area contributed by atoms with Gasteiger partial charge in [0, 0.05) is 18.2 Å². The lowest BCUT2D eigenvalue weighted by Crippen LogP contribution is -2.27. The second-order valence-electron chi connectivity index (χ2n) is 7.20. The van der Waals surface area contributed by atoms with Crippen LogP contribution in [0.25, 0.3) is 16.7 Å². The first-order chi connectivity index (χ1) is 15.7. The molecule has 0 bridgehead atoms. The number of para-hydroxylation sites is 1. The highest BCUT2D eigenvalue weighted by molar-refractivity contribution is 6.04. The Morgan fingerprint density at radius 2 is 1.85 bits per heavy atom. The number of methoxy groups -OCH3 is 1. The number of nitrogens with zero attached hydrogens (tertiary/aromatic N) is 2. The van der Waals surface area contributed by atoms with Crippen molar-refractivity contribution in [2.45, 2.75) is 12.6 Å². The molecule has 4 rings (SSSR count). The molecule has 0 fully saturated rings. The molecule has 0 aliphatic carbocycles. The lowest BCUT2D eigenvalue weighted by Gasteiger charge is -2.15. The number of benzene rings is 2. The van der Waals surface area contributed by atoms with E-state index in [1.165, 1.54) is 31.5 Å². The predicted octanol–water partition coefficient (Wildman–Crippen LogP) is 4.54. The predicted molar refractivity (Wildman–Crippen MR) is 115 cm³/mol. The Bertz CT molecular complexity index is 1430. The fourth-order valence-corrected chi connectivity index (χ4v) is 3.63. The molecule has 0 aliphatic heterocycles. The van der Waals surface area contributed by atoms with Crippen molar-refractivity contribution in [1.82, 2.24) is 9.55 Å². The van der Waals surface area contributed by atoms with Gasteiger partial charge in [0.2, 0.25) is 0 Å². The summed E-state index contributed by atoms with van der Waals surface area (Å²) in [7, 11) is 1.43. The van der Waals surface area contributed by atoms with Crippen LogP contribution in [0, 0.1) is 0 Å². The quantitative estimate of drug-likeness (QED) is 0.448. The van der Waals surface area contributed by atoms with Gasteiger partial charge < -0.3 is 9.84 Å². The Morgan fingerprint density at radius 1 is 1.09 bits per heavy atom. The van der Waals surface area contributed by atoms with Crippen LogP contribution in [-0.2, 0) is 12.6 Å². The Kier molecular flexibility index (Phi) is 5.63. The lowest BCUT2D eigenvalue weighted by molar-refractivity contribution is -0.137. The second-order valence-corrected chi connectivity index (χ2v) is 7.20. The summed E-state index contributed by atoms with van der Waals surface area (Å²) in [6, 6.07) is 13.7. The van der Waals surface area contributed by atoms with Crippen LogP contribution in [0.4, 0.5) is 13.2 Å². The van der Waals surface area contributed by atoms with E-state index in [-0.39, 0.29) is 23.1 Å². The van der Waals surface area contributed by atoms with Gasteiger partial charge in [-0.1, -0.05) is 24.3 Å². The van der Waals surface area contributed by atoms with Crippen molar-refractivity contribution in [3.05, 3.63) is 93.9 Å². The molecule has 0 spiro atoms. The van der Waals surface area contributed by atoms with Gasteiger partial charge in [0.05, 0.1) is 23.7 Å². The minimum absolute atomic E-state index is 0.0536. The van der Waals surface area contributed by atoms with E-state index in [2.05, 4.69) is 4.98 Å². The average Bonchev–Trinajstić information content (AvgIpc) is 2.79. The fraction of sp³-hybridized carbons (Fsp3) is 0.125. The number of rotatable bonds is 5. The molecule has 2 aromatic carbocycles. The number of Topliss-reactive ketones (excluding diaryl/α,β-unsaturated/α-hetero) is 1. The first-order valence-electron chi connectivity index (χ1n) is 9.77. The van der Waals surface area contributed by atoms with E-state index in [1.54, 1.807) is 24.3 Å². The lowest BCUT2D eigenvalue weighted by atomic mass is 10.0. The summed E-state index contributed by atoms with van der Waals surface area (Å²) in [5.74, 6) is -0.870. The number of ketones is 1. The maximum atomic E-state index is 13.4. The van der Waals surface area contributed by atoms with E-state index in [0.717, 1.165) is 22.8 Å². The van der Waals surface area contributed by atoms with Gasteiger partial charge in [-0.25, -0.2) is 4.98 Å². The minimum atomic E-state index is -4.64. The van der Waals surface area contributed by atoms with Crippen molar-refractivity contribution < 1.29 is 27.8 Å². The van der Waals surface area contributed by atoms with E-state index < -0.39 is 34.4 Å². The van der Waals surface area contributed by atoms with Crippen LogP contribution in [0.3, 0.4) is 0 Å². The standard InChI is InChI=1S/C24H17F3N2O4/c1-33-19-10-3-2-6-14(19)12-18(30)20-21(31)17-9-5-11-28-22(17)29(23(20)32)16-8-4-7-15(13-16)24(25,26)27/h2-11,13,31H,12H2,1H3. The zero-order valence-electron chi connectivity index (χ0n) is 17.3. The third-order valence-corrected chi connectivity index (χ3v) is 5.16. The fourth-order valence-electron chi connectivity index (χ4n) is 3.63. The van der Waals surface area contributed by atoms with Gasteiger partial charge in [-0.15, -0.1) is 0 Å². The molecule has 0 saturated heterocycles. The smallest absolute Gasteiger partial charge is 0.416 e. The molecule has 0 radical (unpaired) electrons. The van der Waals surface area contributed by atoms with Gasteiger partial charge in [-0.3, -0.25) is 14.2 Å². The first-order valence-corrected chi connectivity index (χ1v) is 9.77. The Labute approximate surface area is 185 Å². The highest BCUT2D eigenvalue weighted by atomic mass is 19.4. The molecule has 6 nitrogen and oxygen atoms in total. The summed E-state index contributed by atoms with van der Waals surface area (Å²) >= 11 is 0. The highest BCUT2D eigenvalue weighted by Gasteiger charge is 2.31. The topological polar surface area (TPSA) is 81.4 Å². The Balaban J connectivity index is 1.95. The van der Waals surface area contributed by atoms with Crippen LogP contribution in [0.1, 0.15) is 21.5 Å². The maximum Gasteiger partial charge on any atom is 0.416 e. The molecule has 0 amide bonds. The number of aromatic hydroxyl groups is 1. The maximum absolute atomic E-state index is 13.4. The van der Waals surface area contributed by atoms with Crippen molar-refractivity contribution in [3.63, 3.8) is 0 Å². The molecule has 168 valence electrons. The molecule has 4 aromatic rings. The third-order valence-electron chi connectivity index (χ3n) is 5.16. The summed E-state index contributed by atoms with van der Waals surface area (Å²) in [6.07, 6.45) is -3.56. The molecule has 0 aliphatic rings. The van der Waals surface area contributed by atoms with Crippen molar-refractivity contribution in [2.24, 2.45) is 0 Å². The van der Waals surface area contributed by atoms with Crippen LogP contribution in [-0.4, -0.2) is 27.6 Å². The molecule has 1 N–H and O–H groups in total. The summed E-state index contributed by atoms with van der Waals surface area (Å²) in [5, 5.41) is 10.8. The number of carbonyl (C=O) groups excluding carboxylic acids is 1. The van der Waals surface area contributed by atoms with E-state index in [1.807, 2.05) is 0 Å². The summed E-state index contributed by atoms with van der Waals surface area (Å²) in [5.41, 5.74) is -2.21. The van der Waals surface area contributed by atoms with Crippen molar-refractivity contribution in [3.8, 4) is 17.2 Å². The summed E-state index contributed by atoms with van der Waals surface area (Å²) in [4.78, 5) is 30.6. The first kappa shape index (κ1) is 22.1. The average molecular weight is 454 g/mol. The number of pyridine rings is 2. The number of hydrogen-bond donors (Lipinski definition) is 1. The van der Waals surface area contributed by atoms with Gasteiger partial charge in [0.25, 0.3) is 5.56 Å². The van der Waals surface area contributed by atoms with Crippen LogP contribution in [0.5, 0.6) is 11.5 Å². The normalized spacial score (nSPS) is 11.5. The van der Waals surface area contributed by atoms with Gasteiger partial charge >= 0.3 is 6.18 Å². The number of aromatic nitrogens is 2. The SMILES string of the molecule is COc1ccccc1CC(=O)c1c(O)c2cccnc2n(-c2cccc(C(F)(F)F)c2)c1=O. The Morgan fingerprint density at radius 3 is 2.58 bits per heavy atom. The molecule has 33 heavy (non-hydrogen) atoms. The number of halogens is 3. The van der Waals surface area contributed by atoms with E-state index >= 15 is 0 Å². The number of hydrogen-bond acceptors (Lipinski definition) is 5. The molecule has 2 heterocycles. The number of ether oxygens (including phenoxy) is 1. The van der Waals surface area contributed by atoms with E-state index in [4.69, 9.17) is 4.74 Å². The van der Waals surface area contributed by atoms with Crippen molar-refractivity contribution in [2.75, 3.05) is 7.11 Å². The van der Waals surface area contributed by atoms with Crippen LogP contribution in [0.15, 0.2) is 71.7 Å². The van der Waals surface area contributed by atoms with Gasteiger partial charge in [0.15, 0.2) is 11.4 Å². The molecule has 0 atom stereocenters. The summed E-state index contributed by atoms with van der Waals surface area (Å²) < 4.78 is 46.0. The van der Waals surface area contributed by atoms with Crippen molar-refractivity contribution >= 4 is 16.8 Å². The molecular weight excluding hydrogens is 437 g/mol. The van der Waals surface area contributed by atoms with Crippen LogP contribution < -0.4 is 10.3 Å². The molecule has 0 unspecified atom stereocenters. The second kappa shape index (κ2) is 8.42. The van der Waals surface area contributed by atoms with Gasteiger partial charge in [-0.05, 0) is 36.4 Å². The zero-order chi connectivity index (χ0) is 23.8. The molecule has 9 heteroatoms. The zero-order valence-corrected chi connectivity index (χ0v) is 17.3. The van der Waals surface area contributed by atoms with Crippen molar-refractivity contribution in [1.29, 1.82) is 0 Å². The Hall–Kier alpha value is -4.14. The van der Waals surface area contributed by atoms with Crippen LogP contribution in [0.2, 0.25) is 0 Å². The summed E-state index contributed by atoms with van der Waals surface area (Å²) in [6.45, 7) is 0. The third kappa shape index (κ3) is 4.05. The minimum Gasteiger partial charge on any atom is -0.506 e. The molecular formula is C24H17F3N2O4. The molecule has 2 aromatic heterocycles. The number of carbonyl (C=O) groups is 1. The number of fused-ring (bicyclic) bond motifs is 1. The van der Waals surface area contributed by atoms with E-state index in [0.29, 0.717) is 11.3 Å². The monoisotopic (exact) mass is 454 g/mol. The van der Waals surface area contributed by atoms with Crippen LogP contribution >= 0.6 is 0 Å². The number of alkyl halides is 3. The molecule has 0 saturated carbocycles. The highest BCUT2D eigenvalue weighted by Crippen LogP contribution is 2.32. The van der Waals surface area contributed by atoms with Gasteiger partial charge in [-0.2, -0.15) is 13.2 Å². The van der Waals surface area contributed by atoms with Gasteiger partial charge in [0.1, 0.15) is 17.1 Å².